The molecule has 0 aliphatic carbocycles. The molecule has 2 radical (unpaired) electrons. The molecule has 10 heavy (non-hydrogen) atoms. The van der Waals surface area contributed by atoms with Crippen molar-refractivity contribution >= 4 is 16.3 Å². The standard InChI is InChI=1S/C7H15N.CH3.Al.H2/c1-2-8-6-4-3-5-7-8;;;/h2-7H2,1H3;1H3;;1H. The molecule has 0 aromatic rings. The minimum Gasteiger partial charge on any atom is -0.304 e. The Morgan fingerprint density at radius 3 is 2.00 bits per heavy atom. The Kier molecular flexibility index (Phi) is 7.97. The van der Waals surface area contributed by atoms with Crippen molar-refractivity contribution in [1.82, 2.24) is 4.90 Å². The lowest BCUT2D eigenvalue weighted by Crippen LogP contribution is -2.29. The summed E-state index contributed by atoms with van der Waals surface area (Å²) in [5.41, 5.74) is 0. The highest BCUT2D eigenvalue weighted by atomic mass is 27.0. The van der Waals surface area contributed by atoms with Crippen molar-refractivity contribution in [2.24, 2.45) is 0 Å². The molecule has 2 heteroatoms. The van der Waals surface area contributed by atoms with Crippen LogP contribution in [0.3, 0.4) is 0 Å². The average molecular weight is 157 g/mol. The molecule has 0 aromatic heterocycles. The molecule has 1 fully saturated rings. The quantitative estimate of drug-likeness (QED) is 0.526. The fourth-order valence-electron chi connectivity index (χ4n) is 1.28. The van der Waals surface area contributed by atoms with Crippen molar-refractivity contribution in [3.63, 3.8) is 0 Å². The van der Waals surface area contributed by atoms with Crippen molar-refractivity contribution in [2.45, 2.75) is 32.0 Å². The van der Waals surface area contributed by atoms with E-state index in [1.54, 1.807) is 0 Å². The van der Waals surface area contributed by atoms with Gasteiger partial charge in [0.2, 0.25) is 0 Å². The first-order valence-electron chi connectivity index (χ1n) is 4.23. The summed E-state index contributed by atoms with van der Waals surface area (Å²) in [6.07, 6.45) is 4.30. The number of piperidine rings is 1. The van der Waals surface area contributed by atoms with Gasteiger partial charge in [-0.15, -0.1) is 5.79 Å². The molecule has 1 heterocycles. The summed E-state index contributed by atoms with van der Waals surface area (Å²) < 4.78 is 0. The molecule has 0 spiro atoms. The maximum atomic E-state index is 2.52. The van der Waals surface area contributed by atoms with Crippen LogP contribution in [-0.4, -0.2) is 40.8 Å². The first kappa shape index (κ1) is 10.5. The van der Waals surface area contributed by atoms with E-state index in [4.69, 9.17) is 0 Å². The van der Waals surface area contributed by atoms with E-state index in [-0.39, 0.29) is 1.43 Å². The van der Waals surface area contributed by atoms with Crippen LogP contribution in [0.25, 0.3) is 0 Å². The lowest BCUT2D eigenvalue weighted by molar-refractivity contribution is 0.240. The van der Waals surface area contributed by atoms with E-state index >= 15 is 0 Å². The minimum atomic E-state index is 0. The number of hydrogen-bond donors (Lipinski definition) is 0. The molecule has 60 valence electrons. The summed E-state index contributed by atoms with van der Waals surface area (Å²) in [5, 5.41) is 0. The van der Waals surface area contributed by atoms with Crippen LogP contribution in [0.1, 0.15) is 27.6 Å². The van der Waals surface area contributed by atoms with Gasteiger partial charge in [0.05, 0.1) is 0 Å². The highest BCUT2D eigenvalue weighted by Crippen LogP contribution is 2.06. The second-order valence-electron chi connectivity index (χ2n) is 2.49. The molecule has 0 saturated carbocycles. The molecular weight excluding hydrogens is 137 g/mol. The number of nitrogens with zero attached hydrogens (tertiary/aromatic N) is 1. The Labute approximate surface area is 74.7 Å². The van der Waals surface area contributed by atoms with E-state index in [1.807, 2.05) is 5.79 Å². The number of hydrogen-bond acceptors (Lipinski definition) is 1. The second-order valence-corrected chi connectivity index (χ2v) is 2.49. The van der Waals surface area contributed by atoms with Gasteiger partial charge in [-0.3, -0.25) is 0 Å². The molecule has 0 atom stereocenters. The van der Waals surface area contributed by atoms with E-state index < -0.39 is 0 Å². The smallest absolute Gasteiger partial charge is 0.112 e. The van der Waals surface area contributed by atoms with Crippen LogP contribution in [0.2, 0.25) is 5.79 Å². The Morgan fingerprint density at radius 1 is 1.20 bits per heavy atom. The van der Waals surface area contributed by atoms with E-state index in [0.717, 1.165) is 0 Å². The second kappa shape index (κ2) is 7.60. The molecule has 0 unspecified atom stereocenters. The van der Waals surface area contributed by atoms with Crippen molar-refractivity contribution in [2.75, 3.05) is 19.6 Å². The minimum absolute atomic E-state index is 0. The average Bonchev–Trinajstić information content (AvgIpc) is 2.10. The van der Waals surface area contributed by atoms with Gasteiger partial charge in [0.1, 0.15) is 16.3 Å². The Balaban J connectivity index is 0. The van der Waals surface area contributed by atoms with Crippen molar-refractivity contribution in [3.8, 4) is 0 Å². The van der Waals surface area contributed by atoms with E-state index in [9.17, 15) is 0 Å². The van der Waals surface area contributed by atoms with E-state index in [2.05, 4.69) is 28.1 Å². The summed E-state index contributed by atoms with van der Waals surface area (Å²) in [5.74, 6) is 1.92. The van der Waals surface area contributed by atoms with Gasteiger partial charge >= 0.3 is 0 Å². The normalized spacial score (nSPS) is 19.4. The van der Waals surface area contributed by atoms with Crippen LogP contribution in [0.4, 0.5) is 0 Å². The number of rotatable bonds is 1. The highest BCUT2D eigenvalue weighted by Gasteiger charge is 2.05. The zero-order valence-electron chi connectivity index (χ0n) is 7.27. The lowest BCUT2D eigenvalue weighted by Gasteiger charge is -2.24. The summed E-state index contributed by atoms with van der Waals surface area (Å²) in [6.45, 7) is 6.18. The molecule has 1 nitrogen and oxygen atoms in total. The van der Waals surface area contributed by atoms with E-state index in [0.29, 0.717) is 0 Å². The third kappa shape index (κ3) is 4.33. The highest BCUT2D eigenvalue weighted by molar-refractivity contribution is 6.05. The van der Waals surface area contributed by atoms with Gasteiger partial charge in [-0.1, -0.05) is 13.3 Å². The zero-order chi connectivity index (χ0) is 7.82. The van der Waals surface area contributed by atoms with Gasteiger partial charge in [-0.05, 0) is 32.5 Å². The van der Waals surface area contributed by atoms with Crippen molar-refractivity contribution in [1.29, 1.82) is 0 Å². The van der Waals surface area contributed by atoms with E-state index in [1.165, 1.54) is 38.9 Å². The topological polar surface area (TPSA) is 3.24 Å². The maximum absolute atomic E-state index is 2.52. The van der Waals surface area contributed by atoms with Gasteiger partial charge in [0.15, 0.2) is 0 Å². The van der Waals surface area contributed by atoms with Gasteiger partial charge in [-0.25, -0.2) is 0 Å². The summed E-state index contributed by atoms with van der Waals surface area (Å²) in [4.78, 5) is 2.52. The molecule has 0 aromatic carbocycles. The SMILES string of the molecule is CCN1CCCCC1.[CH3][Al].[HH]. The molecule has 1 rings (SSSR count). The lowest BCUT2D eigenvalue weighted by atomic mass is 10.1. The molecule has 0 N–H and O–H groups in total. The predicted molar refractivity (Wildman–Crippen MR) is 49.7 cm³/mol. The van der Waals surface area contributed by atoms with Crippen LogP contribution in [0.15, 0.2) is 0 Å². The van der Waals surface area contributed by atoms with Gasteiger partial charge in [0, 0.05) is 1.43 Å². The van der Waals surface area contributed by atoms with Crippen LogP contribution >= 0.6 is 0 Å². The van der Waals surface area contributed by atoms with Crippen LogP contribution in [-0.2, 0) is 0 Å². The monoisotopic (exact) mass is 157 g/mol. The zero-order valence-corrected chi connectivity index (χ0v) is 8.42. The molecule has 0 amide bonds. The van der Waals surface area contributed by atoms with Gasteiger partial charge in [0.25, 0.3) is 0 Å². The fourth-order valence-corrected chi connectivity index (χ4v) is 1.28. The summed E-state index contributed by atoms with van der Waals surface area (Å²) in [7, 11) is 0. The first-order valence-corrected chi connectivity index (χ1v) is 5.39. The van der Waals surface area contributed by atoms with Crippen LogP contribution in [0.5, 0.6) is 0 Å². The Hall–Kier alpha value is 0.492. The summed E-state index contributed by atoms with van der Waals surface area (Å²) >= 11 is 2.42. The molecule has 1 saturated heterocycles. The summed E-state index contributed by atoms with van der Waals surface area (Å²) in [6, 6.07) is 0. The Morgan fingerprint density at radius 2 is 1.70 bits per heavy atom. The maximum Gasteiger partial charge on any atom is 0.112 e. The van der Waals surface area contributed by atoms with Crippen molar-refractivity contribution < 1.29 is 1.43 Å². The molecule has 0 bridgehead atoms. The third-order valence-electron chi connectivity index (χ3n) is 1.90. The third-order valence-corrected chi connectivity index (χ3v) is 1.90. The number of likely N-dealkylation sites (tertiary alicyclic amines) is 1. The fraction of sp³-hybridized carbons (Fsp3) is 1.00. The van der Waals surface area contributed by atoms with Gasteiger partial charge < -0.3 is 4.90 Å². The molecule has 1 aliphatic heterocycles. The largest absolute Gasteiger partial charge is 0.304 e. The van der Waals surface area contributed by atoms with Crippen LogP contribution < -0.4 is 0 Å². The van der Waals surface area contributed by atoms with Crippen LogP contribution in [0, 0.1) is 0 Å². The predicted octanol–water partition coefficient (Wildman–Crippen LogP) is 1.94. The van der Waals surface area contributed by atoms with Crippen molar-refractivity contribution in [3.05, 3.63) is 0 Å². The molecular formula is C8H20AlN. The molecule has 1 aliphatic rings. The first-order chi connectivity index (χ1) is 4.93. The van der Waals surface area contributed by atoms with Gasteiger partial charge in [-0.2, -0.15) is 0 Å². The Bertz CT molecular complexity index is 65.1.